The Balaban J connectivity index is 2.17. The second kappa shape index (κ2) is 5.44. The highest BCUT2D eigenvalue weighted by atomic mass is 16.3. The van der Waals surface area contributed by atoms with Gasteiger partial charge in [-0.15, -0.1) is 0 Å². The summed E-state index contributed by atoms with van der Waals surface area (Å²) in [6, 6.07) is 3.33. The van der Waals surface area contributed by atoms with Crippen LogP contribution < -0.4 is 10.6 Å². The minimum Gasteiger partial charge on any atom is -0.508 e. The number of aryl methyl sites for hydroxylation is 2. The number of nitrogens with one attached hydrogen (secondary N) is 2. The molecule has 1 aliphatic rings. The van der Waals surface area contributed by atoms with Gasteiger partial charge in [0.1, 0.15) is 5.75 Å². The van der Waals surface area contributed by atoms with Crippen LogP contribution in [0.4, 0.5) is 5.69 Å². The summed E-state index contributed by atoms with van der Waals surface area (Å²) in [5.41, 5.74) is 2.37. The zero-order valence-electron chi connectivity index (χ0n) is 12.7. The lowest BCUT2D eigenvalue weighted by molar-refractivity contribution is -0.121. The average Bonchev–Trinajstić information content (AvgIpc) is 2.35. The van der Waals surface area contributed by atoms with Crippen LogP contribution in [0.3, 0.4) is 0 Å². The monoisotopic (exact) mass is 276 g/mol. The SMILES string of the molecule is Cc1cc(NC(=O)C2NCCCC2(C)C)c(C)cc1O. The van der Waals surface area contributed by atoms with Gasteiger partial charge >= 0.3 is 0 Å². The molecule has 1 amide bonds. The van der Waals surface area contributed by atoms with Crippen molar-refractivity contribution in [3.8, 4) is 5.75 Å². The molecule has 1 fully saturated rings. The first kappa shape index (κ1) is 14.9. The van der Waals surface area contributed by atoms with Crippen LogP contribution in [0.25, 0.3) is 0 Å². The average molecular weight is 276 g/mol. The first-order valence-electron chi connectivity index (χ1n) is 7.16. The summed E-state index contributed by atoms with van der Waals surface area (Å²) in [6.45, 7) is 8.84. The molecular formula is C16H24N2O2. The third-order valence-corrected chi connectivity index (χ3v) is 4.19. The second-order valence-electron chi connectivity index (χ2n) is 6.42. The van der Waals surface area contributed by atoms with E-state index in [4.69, 9.17) is 0 Å². The van der Waals surface area contributed by atoms with E-state index >= 15 is 0 Å². The summed E-state index contributed by atoms with van der Waals surface area (Å²) >= 11 is 0. The molecular weight excluding hydrogens is 252 g/mol. The number of phenols is 1. The highest BCUT2D eigenvalue weighted by molar-refractivity contribution is 5.96. The molecule has 1 unspecified atom stereocenters. The Bertz CT molecular complexity index is 523. The van der Waals surface area contributed by atoms with Gasteiger partial charge in [0.05, 0.1) is 6.04 Å². The van der Waals surface area contributed by atoms with E-state index in [0.717, 1.165) is 36.2 Å². The van der Waals surface area contributed by atoms with E-state index < -0.39 is 0 Å². The Morgan fingerprint density at radius 2 is 2.05 bits per heavy atom. The molecule has 1 aliphatic heterocycles. The minimum absolute atomic E-state index is 0.00268. The summed E-state index contributed by atoms with van der Waals surface area (Å²) in [7, 11) is 0. The van der Waals surface area contributed by atoms with Crippen LogP contribution >= 0.6 is 0 Å². The van der Waals surface area contributed by atoms with E-state index in [1.807, 2.05) is 19.9 Å². The minimum atomic E-state index is -0.176. The highest BCUT2D eigenvalue weighted by Crippen LogP contribution is 2.31. The largest absolute Gasteiger partial charge is 0.508 e. The van der Waals surface area contributed by atoms with Gasteiger partial charge in [0, 0.05) is 5.69 Å². The van der Waals surface area contributed by atoms with Crippen LogP contribution in [0, 0.1) is 19.3 Å². The normalized spacial score (nSPS) is 21.5. The molecule has 1 aromatic rings. The number of carbonyl (C=O) groups excluding carboxylic acids is 1. The standard InChI is InChI=1S/C16H24N2O2/c1-10-9-13(19)11(2)8-12(10)18-15(20)14-16(3,4)6-5-7-17-14/h8-9,14,17,19H,5-7H2,1-4H3,(H,18,20). The van der Waals surface area contributed by atoms with Gasteiger partial charge in [-0.1, -0.05) is 13.8 Å². The van der Waals surface area contributed by atoms with Crippen LogP contribution in [0.1, 0.15) is 37.8 Å². The van der Waals surface area contributed by atoms with E-state index in [1.54, 1.807) is 6.07 Å². The van der Waals surface area contributed by atoms with Gasteiger partial charge in [-0.2, -0.15) is 0 Å². The van der Waals surface area contributed by atoms with Gasteiger partial charge in [-0.05, 0) is 61.9 Å². The fourth-order valence-electron chi connectivity index (χ4n) is 2.80. The third kappa shape index (κ3) is 2.96. The summed E-state index contributed by atoms with van der Waals surface area (Å²) in [5, 5.41) is 16.0. The quantitative estimate of drug-likeness (QED) is 0.728. The molecule has 1 saturated heterocycles. The van der Waals surface area contributed by atoms with Gasteiger partial charge in [-0.3, -0.25) is 4.79 Å². The fraction of sp³-hybridized carbons (Fsp3) is 0.562. The summed E-state index contributed by atoms with van der Waals surface area (Å²) in [5.74, 6) is 0.263. The van der Waals surface area contributed by atoms with Crippen molar-refractivity contribution in [3.63, 3.8) is 0 Å². The number of hydrogen-bond donors (Lipinski definition) is 3. The maximum Gasteiger partial charge on any atom is 0.242 e. The first-order chi connectivity index (χ1) is 9.31. The molecule has 1 aromatic carbocycles. The number of piperidine rings is 1. The summed E-state index contributed by atoms with van der Waals surface area (Å²) in [6.07, 6.45) is 2.15. The number of aromatic hydroxyl groups is 1. The topological polar surface area (TPSA) is 61.4 Å². The van der Waals surface area contributed by atoms with Crippen LogP contribution in [-0.2, 0) is 4.79 Å². The van der Waals surface area contributed by atoms with Gasteiger partial charge in [0.2, 0.25) is 5.91 Å². The predicted molar refractivity (Wildman–Crippen MR) is 81.0 cm³/mol. The molecule has 2 rings (SSSR count). The molecule has 1 atom stereocenters. The number of rotatable bonds is 2. The van der Waals surface area contributed by atoms with Crippen molar-refractivity contribution in [2.45, 2.75) is 46.6 Å². The Morgan fingerprint density at radius 3 is 2.70 bits per heavy atom. The van der Waals surface area contributed by atoms with E-state index in [-0.39, 0.29) is 23.1 Å². The summed E-state index contributed by atoms with van der Waals surface area (Å²) in [4.78, 5) is 12.5. The molecule has 1 heterocycles. The van der Waals surface area contributed by atoms with Gasteiger partial charge in [0.15, 0.2) is 0 Å². The molecule has 110 valence electrons. The first-order valence-corrected chi connectivity index (χ1v) is 7.16. The van der Waals surface area contributed by atoms with Crippen LogP contribution in [0.5, 0.6) is 5.75 Å². The lowest BCUT2D eigenvalue weighted by Crippen LogP contribution is -2.53. The molecule has 20 heavy (non-hydrogen) atoms. The van der Waals surface area contributed by atoms with Gasteiger partial charge < -0.3 is 15.7 Å². The second-order valence-corrected chi connectivity index (χ2v) is 6.42. The van der Waals surface area contributed by atoms with Crippen molar-refractivity contribution in [2.24, 2.45) is 5.41 Å². The van der Waals surface area contributed by atoms with Gasteiger partial charge in [0.25, 0.3) is 0 Å². The predicted octanol–water partition coefficient (Wildman–Crippen LogP) is 2.73. The smallest absolute Gasteiger partial charge is 0.242 e. The number of benzene rings is 1. The Morgan fingerprint density at radius 1 is 1.35 bits per heavy atom. The molecule has 4 heteroatoms. The summed E-state index contributed by atoms with van der Waals surface area (Å²) < 4.78 is 0. The molecule has 0 aliphatic carbocycles. The maximum absolute atomic E-state index is 12.5. The molecule has 0 radical (unpaired) electrons. The Labute approximate surface area is 120 Å². The van der Waals surface area contributed by atoms with Crippen LogP contribution in [-0.4, -0.2) is 23.6 Å². The van der Waals surface area contributed by atoms with Crippen LogP contribution in [0.15, 0.2) is 12.1 Å². The molecule has 0 saturated carbocycles. The molecule has 0 aromatic heterocycles. The van der Waals surface area contributed by atoms with Crippen molar-refractivity contribution in [1.29, 1.82) is 0 Å². The number of phenolic OH excluding ortho intramolecular Hbond substituents is 1. The van der Waals surface area contributed by atoms with E-state index in [2.05, 4.69) is 24.5 Å². The van der Waals surface area contributed by atoms with Crippen molar-refractivity contribution in [1.82, 2.24) is 5.32 Å². The highest BCUT2D eigenvalue weighted by Gasteiger charge is 2.37. The molecule has 3 N–H and O–H groups in total. The molecule has 0 spiro atoms. The molecule has 4 nitrogen and oxygen atoms in total. The lowest BCUT2D eigenvalue weighted by Gasteiger charge is -2.38. The van der Waals surface area contributed by atoms with E-state index in [1.165, 1.54) is 0 Å². The zero-order valence-corrected chi connectivity index (χ0v) is 12.7. The zero-order chi connectivity index (χ0) is 14.9. The van der Waals surface area contributed by atoms with Crippen molar-refractivity contribution in [2.75, 3.05) is 11.9 Å². The number of carbonyl (C=O) groups is 1. The number of anilines is 1. The van der Waals surface area contributed by atoms with E-state index in [0.29, 0.717) is 0 Å². The van der Waals surface area contributed by atoms with Gasteiger partial charge in [-0.25, -0.2) is 0 Å². The van der Waals surface area contributed by atoms with Crippen molar-refractivity contribution < 1.29 is 9.90 Å². The Hall–Kier alpha value is -1.55. The fourth-order valence-corrected chi connectivity index (χ4v) is 2.80. The number of amides is 1. The van der Waals surface area contributed by atoms with Crippen molar-refractivity contribution >= 4 is 11.6 Å². The lowest BCUT2D eigenvalue weighted by atomic mass is 9.77. The third-order valence-electron chi connectivity index (χ3n) is 4.19. The van der Waals surface area contributed by atoms with Crippen molar-refractivity contribution in [3.05, 3.63) is 23.3 Å². The van der Waals surface area contributed by atoms with Crippen LogP contribution in [0.2, 0.25) is 0 Å². The molecule has 0 bridgehead atoms. The van der Waals surface area contributed by atoms with E-state index in [9.17, 15) is 9.90 Å². The maximum atomic E-state index is 12.5. The number of hydrogen-bond acceptors (Lipinski definition) is 3. The Kier molecular flexibility index (Phi) is 4.04.